The van der Waals surface area contributed by atoms with Gasteiger partial charge in [0.05, 0.1) is 22.9 Å². The van der Waals surface area contributed by atoms with E-state index >= 15 is 0 Å². The predicted octanol–water partition coefficient (Wildman–Crippen LogP) is 2.83. The molecule has 0 bridgehead atoms. The molecule has 1 fully saturated rings. The van der Waals surface area contributed by atoms with Crippen molar-refractivity contribution in [3.05, 3.63) is 66.1 Å². The molecular weight excluding hydrogens is 340 g/mol. The Labute approximate surface area is 157 Å². The second kappa shape index (κ2) is 7.31. The van der Waals surface area contributed by atoms with Crippen LogP contribution in [0, 0.1) is 11.3 Å². The molecule has 3 atom stereocenters. The Kier molecular flexibility index (Phi) is 4.71. The maximum atomic E-state index is 10.8. The largest absolute Gasteiger partial charge is 0.384 e. The van der Waals surface area contributed by atoms with E-state index in [1.54, 1.807) is 24.5 Å². The third-order valence-corrected chi connectivity index (χ3v) is 4.84. The highest BCUT2D eigenvalue weighted by molar-refractivity contribution is 5.95. The molecule has 0 radical (unpaired) electrons. The van der Waals surface area contributed by atoms with E-state index in [9.17, 15) is 10.4 Å². The van der Waals surface area contributed by atoms with Gasteiger partial charge in [-0.3, -0.25) is 9.97 Å². The van der Waals surface area contributed by atoms with Crippen LogP contribution in [0.5, 0.6) is 0 Å². The first kappa shape index (κ1) is 17.4. The number of anilines is 1. The quantitative estimate of drug-likeness (QED) is 0.773. The summed E-state index contributed by atoms with van der Waals surface area (Å²) in [7, 11) is 0. The summed E-state index contributed by atoms with van der Waals surface area (Å²) in [5.74, 6) is 0. The number of hydrogen-bond acceptors (Lipinski definition) is 6. The lowest BCUT2D eigenvalue weighted by Crippen LogP contribution is -2.49. The topological polar surface area (TPSA) is 82.3 Å². The van der Waals surface area contributed by atoms with Crippen molar-refractivity contribution in [2.45, 2.75) is 25.2 Å². The van der Waals surface area contributed by atoms with Gasteiger partial charge in [-0.05, 0) is 43.3 Å². The maximum Gasteiger partial charge on any atom is 0.124 e. The Morgan fingerprint density at radius 2 is 2.00 bits per heavy atom. The number of fused-ring (bicyclic) bond motifs is 1. The normalized spacial score (nSPS) is 21.0. The third kappa shape index (κ3) is 3.35. The highest BCUT2D eigenvalue weighted by Gasteiger charge is 2.32. The third-order valence-electron chi connectivity index (χ3n) is 4.84. The number of aromatic nitrogens is 2. The van der Waals surface area contributed by atoms with Gasteiger partial charge in [-0.15, -0.1) is 0 Å². The lowest BCUT2D eigenvalue weighted by molar-refractivity contribution is -0.0825. The summed E-state index contributed by atoms with van der Waals surface area (Å²) in [6, 6.07) is 15.3. The Hall–Kier alpha value is -3.01. The maximum absolute atomic E-state index is 10.8. The van der Waals surface area contributed by atoms with Gasteiger partial charge >= 0.3 is 0 Å². The molecule has 27 heavy (non-hydrogen) atoms. The Morgan fingerprint density at radius 1 is 1.15 bits per heavy atom. The van der Waals surface area contributed by atoms with Crippen LogP contribution in [0.4, 0.5) is 5.69 Å². The fourth-order valence-electron chi connectivity index (χ4n) is 3.62. The fraction of sp³-hybridized carbons (Fsp3) is 0.286. The van der Waals surface area contributed by atoms with E-state index in [1.165, 1.54) is 0 Å². The number of hydrogen-bond donors (Lipinski definition) is 1. The molecule has 1 aromatic carbocycles. The Bertz CT molecular complexity index is 986. The molecule has 1 unspecified atom stereocenters. The number of morpholine rings is 1. The lowest BCUT2D eigenvalue weighted by Gasteiger charge is -2.40. The Morgan fingerprint density at radius 3 is 2.78 bits per heavy atom. The lowest BCUT2D eigenvalue weighted by atomic mass is 10.0. The van der Waals surface area contributed by atoms with Crippen LogP contribution in [0.1, 0.15) is 24.3 Å². The van der Waals surface area contributed by atoms with Crippen LogP contribution in [0.25, 0.3) is 10.9 Å². The van der Waals surface area contributed by atoms with Gasteiger partial charge < -0.3 is 14.7 Å². The summed E-state index contributed by atoms with van der Waals surface area (Å²) in [4.78, 5) is 10.8. The van der Waals surface area contributed by atoms with Crippen LogP contribution in [0.3, 0.4) is 0 Å². The van der Waals surface area contributed by atoms with Crippen molar-refractivity contribution in [1.82, 2.24) is 9.97 Å². The highest BCUT2D eigenvalue weighted by Crippen LogP contribution is 2.32. The first-order valence-electron chi connectivity index (χ1n) is 8.94. The predicted molar refractivity (Wildman–Crippen MR) is 102 cm³/mol. The first-order chi connectivity index (χ1) is 13.2. The summed E-state index contributed by atoms with van der Waals surface area (Å²) >= 11 is 0. The molecule has 4 rings (SSSR count). The highest BCUT2D eigenvalue weighted by atomic mass is 16.5. The SMILES string of the molecule is C[C@@H]1CN(c2ccc(C#N)c3ncccc23)C[C@H](C(O)c2ccccn2)O1. The van der Waals surface area contributed by atoms with Gasteiger partial charge in [0.15, 0.2) is 0 Å². The molecule has 0 aliphatic carbocycles. The first-order valence-corrected chi connectivity index (χ1v) is 8.94. The molecule has 0 amide bonds. The van der Waals surface area contributed by atoms with Crippen molar-refractivity contribution in [2.24, 2.45) is 0 Å². The van der Waals surface area contributed by atoms with E-state index < -0.39 is 12.2 Å². The number of pyridine rings is 2. The van der Waals surface area contributed by atoms with Crippen molar-refractivity contribution < 1.29 is 9.84 Å². The molecule has 136 valence electrons. The molecule has 1 aliphatic rings. The molecule has 6 heteroatoms. The molecule has 1 aliphatic heterocycles. The number of ether oxygens (including phenoxy) is 1. The van der Waals surface area contributed by atoms with E-state index in [4.69, 9.17) is 4.74 Å². The number of nitriles is 1. The second-order valence-corrected chi connectivity index (χ2v) is 6.73. The minimum atomic E-state index is -0.806. The van der Waals surface area contributed by atoms with Gasteiger partial charge in [0.2, 0.25) is 0 Å². The van der Waals surface area contributed by atoms with Crippen molar-refractivity contribution >= 4 is 16.6 Å². The molecule has 1 saturated heterocycles. The smallest absolute Gasteiger partial charge is 0.124 e. The minimum Gasteiger partial charge on any atom is -0.384 e. The van der Waals surface area contributed by atoms with Gasteiger partial charge in [-0.2, -0.15) is 5.26 Å². The summed E-state index contributed by atoms with van der Waals surface area (Å²) in [6.07, 6.45) is 2.11. The summed E-state index contributed by atoms with van der Waals surface area (Å²) in [5, 5.41) is 21.0. The number of rotatable bonds is 3. The van der Waals surface area contributed by atoms with Gasteiger partial charge in [-0.1, -0.05) is 6.07 Å². The zero-order valence-electron chi connectivity index (χ0n) is 15.0. The Balaban J connectivity index is 1.68. The molecule has 1 N–H and O–H groups in total. The number of aliphatic hydroxyl groups is 1. The average Bonchev–Trinajstić information content (AvgIpc) is 2.72. The molecule has 3 aromatic rings. The average molecular weight is 360 g/mol. The van der Waals surface area contributed by atoms with Gasteiger partial charge in [-0.25, -0.2) is 0 Å². The monoisotopic (exact) mass is 360 g/mol. The van der Waals surface area contributed by atoms with Crippen molar-refractivity contribution in [2.75, 3.05) is 18.0 Å². The van der Waals surface area contributed by atoms with Crippen LogP contribution < -0.4 is 4.90 Å². The van der Waals surface area contributed by atoms with E-state index in [1.807, 2.05) is 37.3 Å². The van der Waals surface area contributed by atoms with E-state index in [0.29, 0.717) is 29.9 Å². The fourth-order valence-corrected chi connectivity index (χ4v) is 3.62. The van der Waals surface area contributed by atoms with Crippen LogP contribution in [-0.4, -0.2) is 40.4 Å². The standard InChI is InChI=1S/C21H20N4O2/c1-14-12-25(13-19(27-14)21(26)17-6-2-3-9-23-17)18-8-7-15(11-22)20-16(18)5-4-10-24-20/h2-10,14,19,21,26H,12-13H2,1H3/t14-,19-,21?/m1/s1. The van der Waals surface area contributed by atoms with Crippen LogP contribution in [-0.2, 0) is 4.74 Å². The van der Waals surface area contributed by atoms with Crippen LogP contribution in [0.15, 0.2) is 54.9 Å². The number of benzene rings is 1. The molecule has 0 spiro atoms. The number of nitrogens with zero attached hydrogens (tertiary/aromatic N) is 4. The minimum absolute atomic E-state index is 0.0514. The van der Waals surface area contributed by atoms with E-state index in [-0.39, 0.29) is 6.10 Å². The van der Waals surface area contributed by atoms with E-state index in [0.717, 1.165) is 11.1 Å². The summed E-state index contributed by atoms with van der Waals surface area (Å²) in [6.45, 7) is 3.22. The van der Waals surface area contributed by atoms with Gasteiger partial charge in [0, 0.05) is 36.6 Å². The van der Waals surface area contributed by atoms with Crippen molar-refractivity contribution in [1.29, 1.82) is 5.26 Å². The van der Waals surface area contributed by atoms with Gasteiger partial charge in [0.1, 0.15) is 18.3 Å². The summed E-state index contributed by atoms with van der Waals surface area (Å²) in [5.41, 5.74) is 2.84. The summed E-state index contributed by atoms with van der Waals surface area (Å²) < 4.78 is 6.01. The van der Waals surface area contributed by atoms with Crippen molar-refractivity contribution in [3.8, 4) is 6.07 Å². The zero-order chi connectivity index (χ0) is 18.8. The molecule has 2 aromatic heterocycles. The molecule has 0 saturated carbocycles. The molecular formula is C21H20N4O2. The number of aliphatic hydroxyl groups excluding tert-OH is 1. The van der Waals surface area contributed by atoms with Crippen LogP contribution >= 0.6 is 0 Å². The van der Waals surface area contributed by atoms with Crippen molar-refractivity contribution in [3.63, 3.8) is 0 Å². The molecule has 6 nitrogen and oxygen atoms in total. The van der Waals surface area contributed by atoms with E-state index in [2.05, 4.69) is 20.9 Å². The second-order valence-electron chi connectivity index (χ2n) is 6.73. The van der Waals surface area contributed by atoms with Gasteiger partial charge in [0.25, 0.3) is 0 Å². The molecule has 3 heterocycles. The zero-order valence-corrected chi connectivity index (χ0v) is 15.0. The van der Waals surface area contributed by atoms with Crippen LogP contribution in [0.2, 0.25) is 0 Å².